The van der Waals surface area contributed by atoms with Gasteiger partial charge in [-0.1, -0.05) is 6.58 Å². The van der Waals surface area contributed by atoms with Gasteiger partial charge in [0.25, 0.3) is 0 Å². The van der Waals surface area contributed by atoms with Crippen LogP contribution in [0.2, 0.25) is 0 Å². The highest BCUT2D eigenvalue weighted by atomic mass is 16.6. The molecule has 0 aliphatic carbocycles. The number of hydrogen-bond acceptors (Lipinski definition) is 7. The van der Waals surface area contributed by atoms with Crippen LogP contribution >= 0.6 is 0 Å². The molecule has 0 radical (unpaired) electrons. The summed E-state index contributed by atoms with van der Waals surface area (Å²) < 4.78 is 5.45. The predicted octanol–water partition coefficient (Wildman–Crippen LogP) is -1.53. The SMILES string of the molecule is C=C1N=C(N)C=CN1[C@@H]1O[C@H]([C@@H](C)O)[C@@H](O)[C@@H]1O. The van der Waals surface area contributed by atoms with Crippen molar-refractivity contribution in [1.29, 1.82) is 0 Å². The van der Waals surface area contributed by atoms with E-state index < -0.39 is 30.6 Å². The Kier molecular flexibility index (Phi) is 3.40. The van der Waals surface area contributed by atoms with E-state index in [1.807, 2.05) is 0 Å². The molecule has 1 fully saturated rings. The van der Waals surface area contributed by atoms with Gasteiger partial charge in [-0.15, -0.1) is 0 Å². The summed E-state index contributed by atoms with van der Waals surface area (Å²) >= 11 is 0. The average molecular weight is 255 g/mol. The van der Waals surface area contributed by atoms with Crippen molar-refractivity contribution in [3.8, 4) is 0 Å². The van der Waals surface area contributed by atoms with E-state index in [4.69, 9.17) is 10.5 Å². The predicted molar refractivity (Wildman–Crippen MR) is 64.1 cm³/mol. The van der Waals surface area contributed by atoms with E-state index in [1.54, 1.807) is 6.20 Å². The number of aliphatic imine (C=N–C) groups is 1. The molecule has 2 heterocycles. The fraction of sp³-hybridized carbons (Fsp3) is 0.545. The number of hydrogen-bond donors (Lipinski definition) is 4. The fourth-order valence-electron chi connectivity index (χ4n) is 2.03. The Bertz CT molecular complexity index is 407. The molecule has 5 atom stereocenters. The molecule has 0 saturated carbocycles. The van der Waals surface area contributed by atoms with E-state index in [-0.39, 0.29) is 0 Å². The lowest BCUT2D eigenvalue weighted by atomic mass is 10.1. The van der Waals surface area contributed by atoms with Gasteiger partial charge in [0.05, 0.1) is 6.10 Å². The number of nitrogens with zero attached hydrogens (tertiary/aromatic N) is 2. The van der Waals surface area contributed by atoms with Gasteiger partial charge in [-0.25, -0.2) is 4.99 Å². The van der Waals surface area contributed by atoms with Gasteiger partial charge in [0.2, 0.25) is 0 Å². The Morgan fingerprint density at radius 2 is 2.17 bits per heavy atom. The van der Waals surface area contributed by atoms with Gasteiger partial charge in [0.1, 0.15) is 30.0 Å². The minimum Gasteiger partial charge on any atom is -0.391 e. The summed E-state index contributed by atoms with van der Waals surface area (Å²) in [5.74, 6) is 0.605. The molecule has 5 N–H and O–H groups in total. The van der Waals surface area contributed by atoms with Crippen LogP contribution < -0.4 is 5.73 Å². The second-order valence-corrected chi connectivity index (χ2v) is 4.39. The Hall–Kier alpha value is -1.41. The highest BCUT2D eigenvalue weighted by Gasteiger charge is 2.47. The van der Waals surface area contributed by atoms with Crippen LogP contribution in [0, 0.1) is 0 Å². The van der Waals surface area contributed by atoms with Crippen molar-refractivity contribution in [2.45, 2.75) is 37.6 Å². The minimum atomic E-state index is -1.17. The largest absolute Gasteiger partial charge is 0.391 e. The molecule has 0 amide bonds. The molecule has 0 aromatic heterocycles. The first-order valence-electron chi connectivity index (χ1n) is 5.61. The maximum atomic E-state index is 9.93. The van der Waals surface area contributed by atoms with Gasteiger partial charge in [-0.2, -0.15) is 0 Å². The molecule has 7 nitrogen and oxygen atoms in total. The monoisotopic (exact) mass is 255 g/mol. The Morgan fingerprint density at radius 3 is 2.67 bits per heavy atom. The molecule has 18 heavy (non-hydrogen) atoms. The molecule has 0 spiro atoms. The Labute approximate surface area is 104 Å². The summed E-state index contributed by atoms with van der Waals surface area (Å²) in [5, 5.41) is 29.2. The first-order chi connectivity index (χ1) is 8.41. The normalized spacial score (nSPS) is 37.9. The van der Waals surface area contributed by atoms with Gasteiger partial charge < -0.3 is 30.7 Å². The molecule has 2 aliphatic rings. The summed E-state index contributed by atoms with van der Waals surface area (Å²) in [5.41, 5.74) is 5.51. The number of aliphatic hydroxyl groups excluding tert-OH is 3. The quantitative estimate of drug-likeness (QED) is 0.476. The van der Waals surface area contributed by atoms with Crippen molar-refractivity contribution < 1.29 is 20.1 Å². The van der Waals surface area contributed by atoms with Crippen molar-refractivity contribution in [1.82, 2.24) is 4.90 Å². The number of amidine groups is 1. The van der Waals surface area contributed by atoms with Crippen LogP contribution in [-0.2, 0) is 4.74 Å². The minimum absolute atomic E-state index is 0.302. The number of aliphatic hydroxyl groups is 3. The standard InChI is InChI=1S/C11H17N3O4/c1-5(15)10-8(16)9(17)11(18-10)14-4-3-7(12)13-6(14)2/h3-5,8-11,15-17H,2H2,1H3,(H2,12,13)/t5-,8+,9+,10-,11-/m1/s1. The second kappa shape index (κ2) is 4.69. The number of rotatable bonds is 2. The zero-order valence-electron chi connectivity index (χ0n) is 9.97. The zero-order valence-corrected chi connectivity index (χ0v) is 9.97. The van der Waals surface area contributed by atoms with E-state index in [0.29, 0.717) is 11.7 Å². The molecule has 100 valence electrons. The van der Waals surface area contributed by atoms with Gasteiger partial charge in [0, 0.05) is 6.20 Å². The van der Waals surface area contributed by atoms with Crippen molar-refractivity contribution in [2.24, 2.45) is 10.7 Å². The van der Waals surface area contributed by atoms with Gasteiger partial charge in [-0.3, -0.25) is 0 Å². The van der Waals surface area contributed by atoms with Gasteiger partial charge in [0.15, 0.2) is 6.23 Å². The highest BCUT2D eigenvalue weighted by Crippen LogP contribution is 2.29. The first kappa shape index (κ1) is 13.0. The molecule has 0 aromatic rings. The lowest BCUT2D eigenvalue weighted by Crippen LogP contribution is -2.42. The Balaban J connectivity index is 2.16. The maximum Gasteiger partial charge on any atom is 0.164 e. The van der Waals surface area contributed by atoms with Crippen molar-refractivity contribution in [2.75, 3.05) is 0 Å². The molecular formula is C11H17N3O4. The van der Waals surface area contributed by atoms with Gasteiger partial charge >= 0.3 is 0 Å². The first-order valence-corrected chi connectivity index (χ1v) is 5.61. The van der Waals surface area contributed by atoms with Gasteiger partial charge in [-0.05, 0) is 13.0 Å². The van der Waals surface area contributed by atoms with Crippen molar-refractivity contribution >= 4 is 5.84 Å². The lowest BCUT2D eigenvalue weighted by molar-refractivity contribution is -0.0899. The van der Waals surface area contributed by atoms with Crippen LogP contribution in [0.3, 0.4) is 0 Å². The van der Waals surface area contributed by atoms with E-state index in [2.05, 4.69) is 11.6 Å². The highest BCUT2D eigenvalue weighted by molar-refractivity contribution is 5.92. The maximum absolute atomic E-state index is 9.93. The Morgan fingerprint density at radius 1 is 1.50 bits per heavy atom. The summed E-state index contributed by atoms with van der Waals surface area (Å²) in [6, 6.07) is 0. The average Bonchev–Trinajstić information content (AvgIpc) is 2.57. The molecular weight excluding hydrogens is 238 g/mol. The summed E-state index contributed by atoms with van der Waals surface area (Å²) in [6.07, 6.45) is -1.83. The second-order valence-electron chi connectivity index (χ2n) is 4.39. The van der Waals surface area contributed by atoms with E-state index >= 15 is 0 Å². The zero-order chi connectivity index (χ0) is 13.4. The summed E-state index contributed by atoms with van der Waals surface area (Å²) in [4.78, 5) is 5.41. The summed E-state index contributed by atoms with van der Waals surface area (Å²) in [6.45, 7) is 5.18. The molecule has 2 aliphatic heterocycles. The third-order valence-electron chi connectivity index (χ3n) is 2.99. The summed E-state index contributed by atoms with van der Waals surface area (Å²) in [7, 11) is 0. The molecule has 0 aromatic carbocycles. The third kappa shape index (κ3) is 2.13. The van der Waals surface area contributed by atoms with Crippen LogP contribution in [0.1, 0.15) is 6.92 Å². The van der Waals surface area contributed by atoms with E-state index in [1.165, 1.54) is 17.9 Å². The number of ether oxygens (including phenoxy) is 1. The fourth-order valence-corrected chi connectivity index (χ4v) is 2.03. The van der Waals surface area contributed by atoms with E-state index in [0.717, 1.165) is 0 Å². The topological polar surface area (TPSA) is 112 Å². The number of nitrogens with two attached hydrogens (primary N) is 1. The van der Waals surface area contributed by atoms with Crippen molar-refractivity contribution in [3.05, 3.63) is 24.7 Å². The smallest absolute Gasteiger partial charge is 0.164 e. The third-order valence-corrected chi connectivity index (χ3v) is 2.99. The molecule has 2 rings (SSSR count). The molecule has 0 unspecified atom stereocenters. The van der Waals surface area contributed by atoms with Crippen LogP contribution in [0.4, 0.5) is 0 Å². The van der Waals surface area contributed by atoms with E-state index in [9.17, 15) is 15.3 Å². The van der Waals surface area contributed by atoms with Crippen LogP contribution in [0.15, 0.2) is 29.7 Å². The lowest BCUT2D eigenvalue weighted by Gasteiger charge is -2.30. The molecule has 1 saturated heterocycles. The van der Waals surface area contributed by atoms with Crippen LogP contribution in [0.5, 0.6) is 0 Å². The molecule has 0 bridgehead atoms. The van der Waals surface area contributed by atoms with Crippen LogP contribution in [0.25, 0.3) is 0 Å². The molecule has 7 heteroatoms. The van der Waals surface area contributed by atoms with Crippen LogP contribution in [-0.4, -0.2) is 56.7 Å². The van der Waals surface area contributed by atoms with Crippen molar-refractivity contribution in [3.63, 3.8) is 0 Å².